The van der Waals surface area contributed by atoms with E-state index in [0.717, 1.165) is 32.4 Å². The Morgan fingerprint density at radius 1 is 1.44 bits per heavy atom. The highest BCUT2D eigenvalue weighted by atomic mass is 16.2. The highest BCUT2D eigenvalue weighted by molar-refractivity contribution is 5.81. The Balaban J connectivity index is 2.30. The summed E-state index contributed by atoms with van der Waals surface area (Å²) in [7, 11) is 1.68. The highest BCUT2D eigenvalue weighted by Crippen LogP contribution is 2.17. The van der Waals surface area contributed by atoms with Crippen molar-refractivity contribution in [3.05, 3.63) is 0 Å². The summed E-state index contributed by atoms with van der Waals surface area (Å²) >= 11 is 0. The monoisotopic (exact) mass is 226 g/mol. The molecule has 0 radical (unpaired) electrons. The fourth-order valence-corrected chi connectivity index (χ4v) is 2.21. The summed E-state index contributed by atoms with van der Waals surface area (Å²) in [5, 5.41) is 2.70. The van der Waals surface area contributed by atoms with Crippen LogP contribution in [0.15, 0.2) is 0 Å². The van der Waals surface area contributed by atoms with Gasteiger partial charge in [-0.1, -0.05) is 6.92 Å². The Labute approximate surface area is 97.4 Å². The van der Waals surface area contributed by atoms with Gasteiger partial charge < -0.3 is 5.32 Å². The number of Topliss-reactive ketones (excluding diaryl/α,β-unsaturated/α-hetero) is 1. The molecule has 1 N–H and O–H groups in total. The van der Waals surface area contributed by atoms with Gasteiger partial charge in [-0.3, -0.25) is 14.5 Å². The van der Waals surface area contributed by atoms with Crippen LogP contribution < -0.4 is 5.32 Å². The first-order valence-electron chi connectivity index (χ1n) is 6.16. The van der Waals surface area contributed by atoms with Crippen LogP contribution in [0.5, 0.6) is 0 Å². The zero-order valence-corrected chi connectivity index (χ0v) is 10.3. The summed E-state index contributed by atoms with van der Waals surface area (Å²) in [5.74, 6) is 0.426. The van der Waals surface area contributed by atoms with E-state index in [2.05, 4.69) is 10.2 Å². The lowest BCUT2D eigenvalue weighted by Crippen LogP contribution is -2.42. The quantitative estimate of drug-likeness (QED) is 0.734. The number of carbonyl (C=O) groups excluding carboxylic acids is 2. The normalized spacial score (nSPS) is 21.0. The SMILES string of the molecule is CCC(=O)CCCN1CCCC1C(=O)NC. The molecule has 4 heteroatoms. The molecule has 1 fully saturated rings. The van der Waals surface area contributed by atoms with Crippen LogP contribution in [0.3, 0.4) is 0 Å². The van der Waals surface area contributed by atoms with Crippen molar-refractivity contribution in [2.24, 2.45) is 0 Å². The molecular formula is C12H22N2O2. The molecular weight excluding hydrogens is 204 g/mol. The molecule has 0 saturated carbocycles. The molecule has 1 rings (SSSR count). The molecule has 1 aliphatic heterocycles. The number of hydrogen-bond donors (Lipinski definition) is 1. The van der Waals surface area contributed by atoms with E-state index in [9.17, 15) is 9.59 Å². The third kappa shape index (κ3) is 3.59. The molecule has 1 unspecified atom stereocenters. The van der Waals surface area contributed by atoms with Gasteiger partial charge in [0.05, 0.1) is 6.04 Å². The predicted molar refractivity (Wildman–Crippen MR) is 63.2 cm³/mol. The third-order valence-electron chi connectivity index (χ3n) is 3.21. The van der Waals surface area contributed by atoms with Crippen LogP contribution in [-0.2, 0) is 9.59 Å². The van der Waals surface area contributed by atoms with Crippen molar-refractivity contribution in [2.45, 2.75) is 45.1 Å². The number of ketones is 1. The Hall–Kier alpha value is -0.900. The van der Waals surface area contributed by atoms with Gasteiger partial charge in [-0.25, -0.2) is 0 Å². The molecule has 16 heavy (non-hydrogen) atoms. The third-order valence-corrected chi connectivity index (χ3v) is 3.21. The number of nitrogens with zero attached hydrogens (tertiary/aromatic N) is 1. The van der Waals surface area contributed by atoms with Crippen molar-refractivity contribution in [2.75, 3.05) is 20.1 Å². The van der Waals surface area contributed by atoms with Crippen LogP contribution in [0.4, 0.5) is 0 Å². The second-order valence-electron chi connectivity index (χ2n) is 4.30. The molecule has 92 valence electrons. The van der Waals surface area contributed by atoms with Gasteiger partial charge in [0.2, 0.25) is 5.91 Å². The molecule has 0 aliphatic carbocycles. The van der Waals surface area contributed by atoms with Gasteiger partial charge in [-0.15, -0.1) is 0 Å². The number of amides is 1. The van der Waals surface area contributed by atoms with Gasteiger partial charge in [0.15, 0.2) is 0 Å². The van der Waals surface area contributed by atoms with Crippen molar-refractivity contribution < 1.29 is 9.59 Å². The Morgan fingerprint density at radius 2 is 2.19 bits per heavy atom. The minimum atomic E-state index is 0.0294. The number of nitrogens with one attached hydrogen (secondary N) is 1. The maximum atomic E-state index is 11.6. The maximum Gasteiger partial charge on any atom is 0.237 e. The minimum absolute atomic E-state index is 0.0294. The van der Waals surface area contributed by atoms with Crippen LogP contribution in [0, 0.1) is 0 Å². The van der Waals surface area contributed by atoms with Gasteiger partial charge in [-0.05, 0) is 32.4 Å². The lowest BCUT2D eigenvalue weighted by atomic mass is 10.1. The van der Waals surface area contributed by atoms with E-state index >= 15 is 0 Å². The summed E-state index contributed by atoms with van der Waals surface area (Å²) in [5.41, 5.74) is 0. The van der Waals surface area contributed by atoms with E-state index < -0.39 is 0 Å². The summed E-state index contributed by atoms with van der Waals surface area (Å²) in [6.07, 6.45) is 4.17. The summed E-state index contributed by atoms with van der Waals surface area (Å²) in [6.45, 7) is 3.74. The van der Waals surface area contributed by atoms with Crippen LogP contribution in [0.2, 0.25) is 0 Å². The molecule has 0 spiro atoms. The summed E-state index contributed by atoms with van der Waals surface area (Å²) in [4.78, 5) is 24.9. The second kappa shape index (κ2) is 6.63. The van der Waals surface area contributed by atoms with E-state index in [4.69, 9.17) is 0 Å². The number of carbonyl (C=O) groups is 2. The molecule has 1 heterocycles. The lowest BCUT2D eigenvalue weighted by Gasteiger charge is -2.22. The van der Waals surface area contributed by atoms with E-state index in [1.54, 1.807) is 7.05 Å². The first-order chi connectivity index (χ1) is 7.69. The smallest absolute Gasteiger partial charge is 0.237 e. The van der Waals surface area contributed by atoms with Gasteiger partial charge in [-0.2, -0.15) is 0 Å². The minimum Gasteiger partial charge on any atom is -0.358 e. The topological polar surface area (TPSA) is 49.4 Å². The summed E-state index contributed by atoms with van der Waals surface area (Å²) in [6, 6.07) is 0.0294. The largest absolute Gasteiger partial charge is 0.358 e. The zero-order chi connectivity index (χ0) is 12.0. The molecule has 0 aromatic rings. The van der Waals surface area contributed by atoms with Crippen molar-refractivity contribution in [3.8, 4) is 0 Å². The van der Waals surface area contributed by atoms with Crippen LogP contribution in [0.1, 0.15) is 39.0 Å². The predicted octanol–water partition coefficient (Wildman–Crippen LogP) is 0.956. The number of rotatable bonds is 6. The average molecular weight is 226 g/mol. The molecule has 0 aromatic carbocycles. The molecule has 1 atom stereocenters. The van der Waals surface area contributed by atoms with Gasteiger partial charge in [0.25, 0.3) is 0 Å². The van der Waals surface area contributed by atoms with E-state index in [-0.39, 0.29) is 11.9 Å². The summed E-state index contributed by atoms with van der Waals surface area (Å²) < 4.78 is 0. The van der Waals surface area contributed by atoms with E-state index in [1.807, 2.05) is 6.92 Å². The zero-order valence-electron chi connectivity index (χ0n) is 10.3. The van der Waals surface area contributed by atoms with Gasteiger partial charge >= 0.3 is 0 Å². The molecule has 1 amide bonds. The van der Waals surface area contributed by atoms with E-state index in [1.165, 1.54) is 0 Å². The molecule has 4 nitrogen and oxygen atoms in total. The Bertz CT molecular complexity index is 253. The second-order valence-corrected chi connectivity index (χ2v) is 4.30. The maximum absolute atomic E-state index is 11.6. The number of likely N-dealkylation sites (N-methyl/N-ethyl adjacent to an activating group) is 1. The number of likely N-dealkylation sites (tertiary alicyclic amines) is 1. The van der Waals surface area contributed by atoms with Crippen molar-refractivity contribution in [3.63, 3.8) is 0 Å². The lowest BCUT2D eigenvalue weighted by molar-refractivity contribution is -0.124. The van der Waals surface area contributed by atoms with Crippen molar-refractivity contribution in [1.82, 2.24) is 10.2 Å². The van der Waals surface area contributed by atoms with Crippen molar-refractivity contribution >= 4 is 11.7 Å². The fraction of sp³-hybridized carbons (Fsp3) is 0.833. The Kier molecular flexibility index (Phi) is 5.46. The highest BCUT2D eigenvalue weighted by Gasteiger charge is 2.29. The van der Waals surface area contributed by atoms with Crippen LogP contribution in [0.25, 0.3) is 0 Å². The molecule has 1 aliphatic rings. The van der Waals surface area contributed by atoms with Crippen molar-refractivity contribution in [1.29, 1.82) is 0 Å². The van der Waals surface area contributed by atoms with Crippen LogP contribution in [-0.4, -0.2) is 42.8 Å². The number of hydrogen-bond acceptors (Lipinski definition) is 3. The van der Waals surface area contributed by atoms with Gasteiger partial charge in [0, 0.05) is 19.9 Å². The Morgan fingerprint density at radius 3 is 2.81 bits per heavy atom. The standard InChI is InChI=1S/C12H22N2O2/c1-3-10(15)6-4-8-14-9-5-7-11(14)12(16)13-2/h11H,3-9H2,1-2H3,(H,13,16). The molecule has 1 saturated heterocycles. The molecule has 0 aromatic heterocycles. The van der Waals surface area contributed by atoms with Gasteiger partial charge in [0.1, 0.15) is 5.78 Å². The fourth-order valence-electron chi connectivity index (χ4n) is 2.21. The first kappa shape index (κ1) is 13.2. The molecule has 0 bridgehead atoms. The first-order valence-corrected chi connectivity index (χ1v) is 6.16. The average Bonchev–Trinajstić information content (AvgIpc) is 2.76. The van der Waals surface area contributed by atoms with E-state index in [0.29, 0.717) is 18.6 Å². The van der Waals surface area contributed by atoms with Crippen LogP contribution >= 0.6 is 0 Å².